The third-order valence-corrected chi connectivity index (χ3v) is 2.49. The van der Waals surface area contributed by atoms with E-state index in [1.807, 2.05) is 4.98 Å². The number of nitriles is 1. The van der Waals surface area contributed by atoms with Gasteiger partial charge in [-0.3, -0.25) is 19.1 Å². The summed E-state index contributed by atoms with van der Waals surface area (Å²) in [5.74, 6) is -0.585. The maximum atomic E-state index is 11.6. The summed E-state index contributed by atoms with van der Waals surface area (Å²) >= 11 is 0. The Morgan fingerprint density at radius 3 is 2.42 bits per heavy atom. The summed E-state index contributed by atoms with van der Waals surface area (Å²) in [5, 5.41) is 8.75. The minimum Gasteiger partial charge on any atom is -0.366 e. The maximum absolute atomic E-state index is 11.6. The number of hydrogen-bond acceptors (Lipinski definition) is 4. The van der Waals surface area contributed by atoms with Crippen LogP contribution in [0.15, 0.2) is 40.1 Å². The van der Waals surface area contributed by atoms with E-state index in [1.54, 1.807) is 6.07 Å². The Morgan fingerprint density at radius 2 is 1.89 bits per heavy atom. The second kappa shape index (κ2) is 4.62. The highest BCUT2D eigenvalue weighted by atomic mass is 16.2. The van der Waals surface area contributed by atoms with E-state index in [-0.39, 0.29) is 5.56 Å². The van der Waals surface area contributed by atoms with Crippen molar-refractivity contribution in [3.05, 3.63) is 62.4 Å². The van der Waals surface area contributed by atoms with E-state index in [9.17, 15) is 14.4 Å². The molecule has 0 aliphatic carbocycles. The number of benzene rings is 1. The maximum Gasteiger partial charge on any atom is 0.332 e. The number of nitrogens with one attached hydrogen (secondary N) is 1. The second-order valence-electron chi connectivity index (χ2n) is 3.69. The van der Waals surface area contributed by atoms with E-state index in [1.165, 1.54) is 24.3 Å². The molecule has 0 aliphatic heterocycles. The molecule has 19 heavy (non-hydrogen) atoms. The fourth-order valence-electron chi connectivity index (χ4n) is 1.53. The van der Waals surface area contributed by atoms with Gasteiger partial charge in [0.2, 0.25) is 5.91 Å². The summed E-state index contributed by atoms with van der Waals surface area (Å²) in [6, 6.07) is 7.55. The van der Waals surface area contributed by atoms with Gasteiger partial charge < -0.3 is 5.73 Å². The molecule has 1 amide bonds. The van der Waals surface area contributed by atoms with Gasteiger partial charge >= 0.3 is 5.69 Å². The number of nitrogens with two attached hydrogens (primary N) is 1. The molecule has 7 heteroatoms. The van der Waals surface area contributed by atoms with Crippen LogP contribution in [0.25, 0.3) is 5.69 Å². The SMILES string of the molecule is N#Cc1cn(-c2ccc(C(N)=O)cc2)c(=O)[nH]c1=O. The molecule has 2 aromatic rings. The molecule has 0 radical (unpaired) electrons. The van der Waals surface area contributed by atoms with Gasteiger partial charge in [-0.2, -0.15) is 5.26 Å². The Kier molecular flexibility index (Phi) is 3.00. The van der Waals surface area contributed by atoms with Crippen LogP contribution in [0, 0.1) is 11.3 Å². The summed E-state index contributed by atoms with van der Waals surface area (Å²) in [6.45, 7) is 0. The van der Waals surface area contributed by atoms with Gasteiger partial charge in [0.15, 0.2) is 0 Å². The van der Waals surface area contributed by atoms with Gasteiger partial charge in [0.25, 0.3) is 5.56 Å². The molecule has 0 fully saturated rings. The number of carbonyl (C=O) groups is 1. The van der Waals surface area contributed by atoms with Crippen LogP contribution in [0.1, 0.15) is 15.9 Å². The van der Waals surface area contributed by atoms with Gasteiger partial charge in [-0.15, -0.1) is 0 Å². The van der Waals surface area contributed by atoms with Crippen molar-refractivity contribution in [3.8, 4) is 11.8 Å². The van der Waals surface area contributed by atoms with Crippen LogP contribution in [0.3, 0.4) is 0 Å². The van der Waals surface area contributed by atoms with Crippen molar-refractivity contribution >= 4 is 5.91 Å². The standard InChI is InChI=1S/C12H8N4O3/c13-5-8-6-16(12(19)15-11(8)18)9-3-1-7(2-4-9)10(14)17/h1-4,6H,(H2,14,17)(H,15,18,19). The number of aromatic nitrogens is 2. The summed E-state index contributed by atoms with van der Waals surface area (Å²) in [7, 11) is 0. The molecular weight excluding hydrogens is 248 g/mol. The topological polar surface area (TPSA) is 122 Å². The number of aromatic amines is 1. The third kappa shape index (κ3) is 2.28. The van der Waals surface area contributed by atoms with Crippen LogP contribution in [0.4, 0.5) is 0 Å². The van der Waals surface area contributed by atoms with Crippen molar-refractivity contribution in [1.82, 2.24) is 9.55 Å². The Morgan fingerprint density at radius 1 is 1.26 bits per heavy atom. The van der Waals surface area contributed by atoms with Crippen molar-refractivity contribution < 1.29 is 4.79 Å². The number of nitrogens with zero attached hydrogens (tertiary/aromatic N) is 2. The van der Waals surface area contributed by atoms with E-state index in [2.05, 4.69) is 0 Å². The zero-order chi connectivity index (χ0) is 14.0. The quantitative estimate of drug-likeness (QED) is 0.751. The Bertz CT molecular complexity index is 793. The van der Waals surface area contributed by atoms with Crippen molar-refractivity contribution in [1.29, 1.82) is 5.26 Å². The molecule has 7 nitrogen and oxygen atoms in total. The molecule has 94 valence electrons. The highest BCUT2D eigenvalue weighted by Crippen LogP contribution is 2.07. The first-order valence-electron chi connectivity index (χ1n) is 5.19. The smallest absolute Gasteiger partial charge is 0.332 e. The number of rotatable bonds is 2. The lowest BCUT2D eigenvalue weighted by molar-refractivity contribution is 0.100. The number of hydrogen-bond donors (Lipinski definition) is 2. The van der Waals surface area contributed by atoms with E-state index >= 15 is 0 Å². The monoisotopic (exact) mass is 256 g/mol. The van der Waals surface area contributed by atoms with Crippen molar-refractivity contribution in [2.75, 3.05) is 0 Å². The van der Waals surface area contributed by atoms with Crippen LogP contribution in [0.2, 0.25) is 0 Å². The molecule has 0 atom stereocenters. The molecule has 0 bridgehead atoms. The zero-order valence-electron chi connectivity index (χ0n) is 9.58. The van der Waals surface area contributed by atoms with E-state index < -0.39 is 17.2 Å². The predicted octanol–water partition coefficient (Wildman–Crippen LogP) is -0.504. The molecule has 1 aromatic carbocycles. The van der Waals surface area contributed by atoms with Gasteiger partial charge in [-0.05, 0) is 24.3 Å². The van der Waals surface area contributed by atoms with E-state index in [4.69, 9.17) is 11.0 Å². The largest absolute Gasteiger partial charge is 0.366 e. The molecular formula is C12H8N4O3. The highest BCUT2D eigenvalue weighted by Gasteiger charge is 2.06. The Balaban J connectivity index is 2.59. The van der Waals surface area contributed by atoms with E-state index in [0.717, 1.165) is 10.8 Å². The van der Waals surface area contributed by atoms with Gasteiger partial charge in [-0.1, -0.05) is 0 Å². The molecule has 1 heterocycles. The van der Waals surface area contributed by atoms with Crippen molar-refractivity contribution in [3.63, 3.8) is 0 Å². The van der Waals surface area contributed by atoms with Gasteiger partial charge in [0.1, 0.15) is 11.6 Å². The zero-order valence-corrected chi connectivity index (χ0v) is 9.58. The lowest BCUT2D eigenvalue weighted by Crippen LogP contribution is -2.30. The average Bonchev–Trinajstić information content (AvgIpc) is 2.39. The number of primary amides is 1. The van der Waals surface area contributed by atoms with Crippen LogP contribution >= 0.6 is 0 Å². The summed E-state index contributed by atoms with van der Waals surface area (Å²) in [4.78, 5) is 35.8. The molecule has 2 rings (SSSR count). The fraction of sp³-hybridized carbons (Fsp3) is 0. The molecule has 3 N–H and O–H groups in total. The lowest BCUT2D eigenvalue weighted by atomic mass is 10.2. The minimum atomic E-state index is -0.738. The molecule has 0 aliphatic rings. The predicted molar refractivity (Wildman–Crippen MR) is 65.9 cm³/mol. The third-order valence-electron chi connectivity index (χ3n) is 2.49. The molecule has 1 aromatic heterocycles. The first-order chi connectivity index (χ1) is 9.02. The van der Waals surface area contributed by atoms with Crippen LogP contribution in [-0.2, 0) is 0 Å². The number of H-pyrrole nitrogens is 1. The second-order valence-corrected chi connectivity index (χ2v) is 3.69. The minimum absolute atomic E-state index is 0.182. The van der Waals surface area contributed by atoms with Crippen LogP contribution in [0.5, 0.6) is 0 Å². The van der Waals surface area contributed by atoms with Gasteiger partial charge in [-0.25, -0.2) is 4.79 Å². The van der Waals surface area contributed by atoms with Crippen molar-refractivity contribution in [2.24, 2.45) is 5.73 Å². The van der Waals surface area contributed by atoms with Gasteiger partial charge in [0.05, 0.1) is 5.69 Å². The normalized spacial score (nSPS) is 9.84. The first-order valence-corrected chi connectivity index (χ1v) is 5.19. The summed E-state index contributed by atoms with van der Waals surface area (Å²) in [6.07, 6.45) is 1.14. The summed E-state index contributed by atoms with van der Waals surface area (Å²) in [5.41, 5.74) is 4.21. The van der Waals surface area contributed by atoms with Crippen molar-refractivity contribution in [2.45, 2.75) is 0 Å². The van der Waals surface area contributed by atoms with Gasteiger partial charge in [0, 0.05) is 11.8 Å². The molecule has 0 saturated heterocycles. The average molecular weight is 256 g/mol. The van der Waals surface area contributed by atoms with Crippen LogP contribution < -0.4 is 17.0 Å². The number of amides is 1. The highest BCUT2D eigenvalue weighted by molar-refractivity contribution is 5.92. The number of carbonyl (C=O) groups excluding carboxylic acids is 1. The molecule has 0 unspecified atom stereocenters. The fourth-order valence-corrected chi connectivity index (χ4v) is 1.53. The first kappa shape index (κ1) is 12.3. The van der Waals surface area contributed by atoms with E-state index in [0.29, 0.717) is 11.3 Å². The Labute approximate surface area is 106 Å². The van der Waals surface area contributed by atoms with Crippen LogP contribution in [-0.4, -0.2) is 15.5 Å². The Hall–Kier alpha value is -3.14. The molecule has 0 saturated carbocycles. The lowest BCUT2D eigenvalue weighted by Gasteiger charge is -2.05. The molecule has 0 spiro atoms. The summed E-state index contributed by atoms with van der Waals surface area (Å²) < 4.78 is 1.10.